The SMILES string of the molecule is CCCNCc1c(OCc2ccc(Cl)cc2Cl)ccc2ccccc12.Cl. The minimum atomic E-state index is 0. The van der Waals surface area contributed by atoms with E-state index in [1.54, 1.807) is 6.07 Å². The van der Waals surface area contributed by atoms with Crippen molar-refractivity contribution >= 4 is 46.4 Å². The number of benzene rings is 3. The molecule has 2 nitrogen and oxygen atoms in total. The van der Waals surface area contributed by atoms with Crippen molar-refractivity contribution in [3.05, 3.63) is 75.8 Å². The first-order chi connectivity index (χ1) is 12.2. The Hall–Kier alpha value is -1.45. The lowest BCUT2D eigenvalue weighted by Gasteiger charge is -2.15. The standard InChI is InChI=1S/C21H21Cl2NO.ClH/c1-2-11-24-13-19-18-6-4-3-5-15(18)8-10-21(19)25-14-16-7-9-17(22)12-20(16)23;/h3-10,12,24H,2,11,13-14H2,1H3;1H. The van der Waals surface area contributed by atoms with Crippen molar-refractivity contribution < 1.29 is 4.74 Å². The zero-order chi connectivity index (χ0) is 17.6. The molecule has 0 saturated carbocycles. The largest absolute Gasteiger partial charge is 0.488 e. The molecule has 0 aliphatic heterocycles. The van der Waals surface area contributed by atoms with E-state index in [1.165, 1.54) is 16.3 Å². The first-order valence-corrected chi connectivity index (χ1v) is 9.22. The third-order valence-electron chi connectivity index (χ3n) is 4.12. The van der Waals surface area contributed by atoms with Gasteiger partial charge in [-0.1, -0.05) is 66.5 Å². The zero-order valence-electron chi connectivity index (χ0n) is 14.6. The molecule has 138 valence electrons. The van der Waals surface area contributed by atoms with E-state index < -0.39 is 0 Å². The smallest absolute Gasteiger partial charge is 0.124 e. The average molecular weight is 411 g/mol. The van der Waals surface area contributed by atoms with Crippen LogP contribution in [0.5, 0.6) is 5.75 Å². The molecular weight excluding hydrogens is 389 g/mol. The van der Waals surface area contributed by atoms with E-state index >= 15 is 0 Å². The summed E-state index contributed by atoms with van der Waals surface area (Å²) in [6.45, 7) is 4.33. The van der Waals surface area contributed by atoms with E-state index in [-0.39, 0.29) is 12.4 Å². The summed E-state index contributed by atoms with van der Waals surface area (Å²) < 4.78 is 6.12. The third-order valence-corrected chi connectivity index (χ3v) is 4.71. The Morgan fingerprint density at radius 1 is 1.00 bits per heavy atom. The number of ether oxygens (including phenoxy) is 1. The predicted octanol–water partition coefficient (Wildman–Crippen LogP) is 6.65. The molecule has 5 heteroatoms. The van der Waals surface area contributed by atoms with Gasteiger partial charge >= 0.3 is 0 Å². The Morgan fingerprint density at radius 3 is 2.58 bits per heavy atom. The zero-order valence-corrected chi connectivity index (χ0v) is 16.9. The summed E-state index contributed by atoms with van der Waals surface area (Å²) in [7, 11) is 0. The van der Waals surface area contributed by atoms with E-state index in [9.17, 15) is 0 Å². The van der Waals surface area contributed by atoms with Crippen molar-refractivity contribution in [2.75, 3.05) is 6.54 Å². The van der Waals surface area contributed by atoms with Crippen molar-refractivity contribution in [2.24, 2.45) is 0 Å². The minimum absolute atomic E-state index is 0. The second-order valence-electron chi connectivity index (χ2n) is 5.96. The Balaban J connectivity index is 0.00000243. The van der Waals surface area contributed by atoms with Crippen molar-refractivity contribution in [3.63, 3.8) is 0 Å². The van der Waals surface area contributed by atoms with Crippen molar-refractivity contribution in [3.8, 4) is 5.75 Å². The van der Waals surface area contributed by atoms with Crippen molar-refractivity contribution in [1.82, 2.24) is 5.32 Å². The average Bonchev–Trinajstić information content (AvgIpc) is 2.62. The highest BCUT2D eigenvalue weighted by Crippen LogP contribution is 2.30. The third kappa shape index (κ3) is 5.05. The predicted molar refractivity (Wildman–Crippen MR) is 114 cm³/mol. The molecule has 0 fully saturated rings. The van der Waals surface area contributed by atoms with Gasteiger partial charge in [0.25, 0.3) is 0 Å². The monoisotopic (exact) mass is 409 g/mol. The number of rotatable bonds is 7. The van der Waals surface area contributed by atoms with Gasteiger partial charge in [0, 0.05) is 27.7 Å². The number of hydrogen-bond acceptors (Lipinski definition) is 2. The molecule has 0 bridgehead atoms. The van der Waals surface area contributed by atoms with Gasteiger partial charge in [-0.05, 0) is 41.9 Å². The number of nitrogens with one attached hydrogen (secondary N) is 1. The van der Waals surface area contributed by atoms with Gasteiger partial charge in [0.1, 0.15) is 12.4 Å². The van der Waals surface area contributed by atoms with Crippen LogP contribution in [0.25, 0.3) is 10.8 Å². The van der Waals surface area contributed by atoms with Crippen LogP contribution < -0.4 is 10.1 Å². The fraction of sp³-hybridized carbons (Fsp3) is 0.238. The molecule has 3 rings (SSSR count). The Bertz CT molecular complexity index is 867. The van der Waals surface area contributed by atoms with Gasteiger partial charge in [-0.3, -0.25) is 0 Å². The topological polar surface area (TPSA) is 21.3 Å². The van der Waals surface area contributed by atoms with Crippen molar-refractivity contribution in [1.29, 1.82) is 0 Å². The Labute approximate surface area is 170 Å². The number of hydrogen-bond donors (Lipinski definition) is 1. The summed E-state index contributed by atoms with van der Waals surface area (Å²) in [5.41, 5.74) is 2.10. The van der Waals surface area contributed by atoms with Crippen LogP contribution in [0.2, 0.25) is 10.0 Å². The molecule has 0 heterocycles. The van der Waals surface area contributed by atoms with Crippen LogP contribution in [0, 0.1) is 0 Å². The maximum Gasteiger partial charge on any atom is 0.124 e. The Morgan fingerprint density at radius 2 is 1.81 bits per heavy atom. The lowest BCUT2D eigenvalue weighted by Crippen LogP contribution is -2.15. The second-order valence-corrected chi connectivity index (χ2v) is 6.81. The van der Waals surface area contributed by atoms with Crippen LogP contribution in [0.4, 0.5) is 0 Å². The molecule has 3 aromatic carbocycles. The Kier molecular flexibility index (Phi) is 8.05. The highest BCUT2D eigenvalue weighted by atomic mass is 35.5. The highest BCUT2D eigenvalue weighted by molar-refractivity contribution is 6.35. The molecular formula is C21H22Cl3NO. The van der Waals surface area contributed by atoms with Crippen LogP contribution in [0.1, 0.15) is 24.5 Å². The molecule has 0 amide bonds. The maximum absolute atomic E-state index is 6.26. The number of halogens is 3. The molecule has 0 aromatic heterocycles. The van der Waals surface area contributed by atoms with Crippen LogP contribution >= 0.6 is 35.6 Å². The molecule has 1 N–H and O–H groups in total. The van der Waals surface area contributed by atoms with E-state index in [4.69, 9.17) is 27.9 Å². The molecule has 26 heavy (non-hydrogen) atoms. The lowest BCUT2D eigenvalue weighted by atomic mass is 10.0. The van der Waals surface area contributed by atoms with Crippen LogP contribution in [0.15, 0.2) is 54.6 Å². The first-order valence-electron chi connectivity index (χ1n) is 8.47. The summed E-state index contributed by atoms with van der Waals surface area (Å²) in [6, 6.07) is 18.0. The van der Waals surface area contributed by atoms with E-state index in [2.05, 4.69) is 42.6 Å². The normalized spacial score (nSPS) is 10.6. The molecule has 0 radical (unpaired) electrons. The van der Waals surface area contributed by atoms with Gasteiger partial charge in [-0.25, -0.2) is 0 Å². The fourth-order valence-electron chi connectivity index (χ4n) is 2.82. The van der Waals surface area contributed by atoms with Crippen LogP contribution in [-0.2, 0) is 13.2 Å². The van der Waals surface area contributed by atoms with E-state index in [0.717, 1.165) is 30.8 Å². The van der Waals surface area contributed by atoms with Gasteiger partial charge in [-0.2, -0.15) is 0 Å². The minimum Gasteiger partial charge on any atom is -0.488 e. The summed E-state index contributed by atoms with van der Waals surface area (Å²) in [5, 5.41) is 7.16. The molecule has 0 aliphatic carbocycles. The molecule has 3 aromatic rings. The van der Waals surface area contributed by atoms with Gasteiger partial charge in [-0.15, -0.1) is 12.4 Å². The van der Waals surface area contributed by atoms with Crippen molar-refractivity contribution in [2.45, 2.75) is 26.5 Å². The summed E-state index contributed by atoms with van der Waals surface area (Å²) in [4.78, 5) is 0. The van der Waals surface area contributed by atoms with Gasteiger partial charge in [0.2, 0.25) is 0 Å². The summed E-state index contributed by atoms with van der Waals surface area (Å²) in [5.74, 6) is 0.883. The quantitative estimate of drug-likeness (QED) is 0.440. The van der Waals surface area contributed by atoms with Crippen LogP contribution in [-0.4, -0.2) is 6.54 Å². The molecule has 0 saturated heterocycles. The summed E-state index contributed by atoms with van der Waals surface area (Å²) >= 11 is 12.2. The van der Waals surface area contributed by atoms with Crippen LogP contribution in [0.3, 0.4) is 0 Å². The second kappa shape index (κ2) is 10.0. The van der Waals surface area contributed by atoms with Gasteiger partial charge in [0.15, 0.2) is 0 Å². The van der Waals surface area contributed by atoms with Gasteiger partial charge in [0.05, 0.1) is 0 Å². The van der Waals surface area contributed by atoms with E-state index in [1.807, 2.05) is 18.2 Å². The van der Waals surface area contributed by atoms with Gasteiger partial charge < -0.3 is 10.1 Å². The summed E-state index contributed by atoms with van der Waals surface area (Å²) in [6.07, 6.45) is 1.10. The lowest BCUT2D eigenvalue weighted by molar-refractivity contribution is 0.303. The number of fused-ring (bicyclic) bond motifs is 1. The molecule has 0 unspecified atom stereocenters. The van der Waals surface area contributed by atoms with E-state index in [0.29, 0.717) is 16.7 Å². The maximum atomic E-state index is 6.26. The highest BCUT2D eigenvalue weighted by Gasteiger charge is 2.10. The molecule has 0 aliphatic rings. The fourth-order valence-corrected chi connectivity index (χ4v) is 3.28. The molecule has 0 atom stereocenters. The first kappa shape index (κ1) is 20.9. The molecule has 0 spiro atoms.